The standard InChI is InChI=1S/C18H17Cl2NO4S/c19-14-4-3-13(17(20)10-14)11-21(15-7-9-26(23,24)12-15)18(22)6-5-16-2-1-8-25-16/h1-6,8,10,15H,7,9,11-12H2. The van der Waals surface area contributed by atoms with E-state index in [4.69, 9.17) is 27.6 Å². The molecule has 0 bridgehead atoms. The van der Waals surface area contributed by atoms with Crippen LogP contribution in [-0.2, 0) is 21.2 Å². The first kappa shape index (κ1) is 19.0. The van der Waals surface area contributed by atoms with Crippen molar-refractivity contribution in [3.63, 3.8) is 0 Å². The van der Waals surface area contributed by atoms with Crippen LogP contribution in [0.4, 0.5) is 0 Å². The van der Waals surface area contributed by atoms with Crippen molar-refractivity contribution in [2.45, 2.75) is 19.0 Å². The Morgan fingerprint density at radius 1 is 1.31 bits per heavy atom. The number of carbonyl (C=O) groups excluding carboxylic acids is 1. The molecule has 1 aromatic carbocycles. The van der Waals surface area contributed by atoms with Gasteiger partial charge in [0.1, 0.15) is 5.76 Å². The highest BCUT2D eigenvalue weighted by molar-refractivity contribution is 7.91. The van der Waals surface area contributed by atoms with E-state index in [-0.39, 0.29) is 30.0 Å². The molecule has 0 N–H and O–H groups in total. The topological polar surface area (TPSA) is 67.6 Å². The van der Waals surface area contributed by atoms with Gasteiger partial charge in [0.25, 0.3) is 0 Å². The van der Waals surface area contributed by atoms with E-state index in [1.165, 1.54) is 12.3 Å². The van der Waals surface area contributed by atoms with E-state index in [9.17, 15) is 13.2 Å². The van der Waals surface area contributed by atoms with E-state index in [0.29, 0.717) is 27.8 Å². The third-order valence-corrected chi connectivity index (χ3v) is 6.56. The van der Waals surface area contributed by atoms with Crippen molar-refractivity contribution >= 4 is 45.0 Å². The van der Waals surface area contributed by atoms with E-state index >= 15 is 0 Å². The van der Waals surface area contributed by atoms with E-state index in [1.807, 2.05) is 0 Å². The molecule has 1 unspecified atom stereocenters. The molecular formula is C18H17Cl2NO4S. The molecule has 3 rings (SSSR count). The van der Waals surface area contributed by atoms with Gasteiger partial charge >= 0.3 is 0 Å². The van der Waals surface area contributed by atoms with Crippen LogP contribution in [0.15, 0.2) is 47.1 Å². The van der Waals surface area contributed by atoms with E-state index in [0.717, 1.165) is 0 Å². The summed E-state index contributed by atoms with van der Waals surface area (Å²) < 4.78 is 28.9. The van der Waals surface area contributed by atoms with Gasteiger partial charge in [0.05, 0.1) is 17.8 Å². The minimum absolute atomic E-state index is 0.0431. The number of carbonyl (C=O) groups is 1. The number of nitrogens with zero attached hydrogens (tertiary/aromatic N) is 1. The van der Waals surface area contributed by atoms with Gasteiger partial charge in [0.2, 0.25) is 5.91 Å². The molecule has 1 fully saturated rings. The second-order valence-corrected chi connectivity index (χ2v) is 9.18. The van der Waals surface area contributed by atoms with Crippen LogP contribution >= 0.6 is 23.2 Å². The summed E-state index contributed by atoms with van der Waals surface area (Å²) in [6.07, 6.45) is 4.86. The van der Waals surface area contributed by atoms with Crippen molar-refractivity contribution in [1.29, 1.82) is 0 Å². The maximum absolute atomic E-state index is 12.8. The minimum atomic E-state index is -3.13. The number of hydrogen-bond acceptors (Lipinski definition) is 4. The van der Waals surface area contributed by atoms with Crippen LogP contribution in [0.1, 0.15) is 17.7 Å². The molecule has 1 aliphatic rings. The number of benzene rings is 1. The van der Waals surface area contributed by atoms with Gasteiger partial charge in [-0.1, -0.05) is 29.3 Å². The van der Waals surface area contributed by atoms with Crippen molar-refractivity contribution in [2.24, 2.45) is 0 Å². The van der Waals surface area contributed by atoms with Crippen molar-refractivity contribution in [3.8, 4) is 0 Å². The number of halogens is 2. The van der Waals surface area contributed by atoms with Gasteiger partial charge in [-0.15, -0.1) is 0 Å². The third kappa shape index (κ3) is 4.69. The second-order valence-electron chi connectivity index (χ2n) is 6.11. The monoisotopic (exact) mass is 413 g/mol. The highest BCUT2D eigenvalue weighted by atomic mass is 35.5. The lowest BCUT2D eigenvalue weighted by atomic mass is 10.1. The highest BCUT2D eigenvalue weighted by Gasteiger charge is 2.34. The molecule has 1 aromatic heterocycles. The first-order valence-electron chi connectivity index (χ1n) is 8.00. The summed E-state index contributed by atoms with van der Waals surface area (Å²) in [7, 11) is -3.13. The Kier molecular flexibility index (Phi) is 5.75. The van der Waals surface area contributed by atoms with Crippen LogP contribution in [-0.4, -0.2) is 36.8 Å². The largest absolute Gasteiger partial charge is 0.465 e. The lowest BCUT2D eigenvalue weighted by Crippen LogP contribution is -2.39. The van der Waals surface area contributed by atoms with Crippen molar-refractivity contribution in [2.75, 3.05) is 11.5 Å². The normalized spacial score (nSPS) is 19.1. The Balaban J connectivity index is 1.85. The molecule has 2 heterocycles. The van der Waals surface area contributed by atoms with Crippen LogP contribution in [0.3, 0.4) is 0 Å². The molecule has 138 valence electrons. The summed E-state index contributed by atoms with van der Waals surface area (Å²) in [6, 6.07) is 8.09. The molecule has 0 saturated carbocycles. The molecule has 0 aliphatic carbocycles. The Bertz CT molecular complexity index is 923. The first-order chi connectivity index (χ1) is 12.3. The summed E-state index contributed by atoms with van der Waals surface area (Å²) >= 11 is 12.1. The van der Waals surface area contributed by atoms with Crippen molar-refractivity contribution < 1.29 is 17.6 Å². The summed E-state index contributed by atoms with van der Waals surface area (Å²) in [4.78, 5) is 14.3. The highest BCUT2D eigenvalue weighted by Crippen LogP contribution is 2.26. The van der Waals surface area contributed by atoms with Crippen LogP contribution < -0.4 is 0 Å². The van der Waals surface area contributed by atoms with E-state index in [1.54, 1.807) is 41.3 Å². The zero-order valence-corrected chi connectivity index (χ0v) is 16.1. The molecule has 1 saturated heterocycles. The molecule has 26 heavy (non-hydrogen) atoms. The Morgan fingerprint density at radius 2 is 2.12 bits per heavy atom. The fraction of sp³-hybridized carbons (Fsp3) is 0.278. The van der Waals surface area contributed by atoms with Crippen molar-refractivity contribution in [1.82, 2.24) is 4.90 Å². The maximum atomic E-state index is 12.8. The molecule has 1 atom stereocenters. The summed E-state index contributed by atoms with van der Waals surface area (Å²) in [5.41, 5.74) is 0.708. The van der Waals surface area contributed by atoms with Gasteiger partial charge in [-0.2, -0.15) is 0 Å². The quantitative estimate of drug-likeness (QED) is 0.698. The minimum Gasteiger partial charge on any atom is -0.465 e. The van der Waals surface area contributed by atoms with Crippen LogP contribution in [0.5, 0.6) is 0 Å². The van der Waals surface area contributed by atoms with Gasteiger partial charge in [0, 0.05) is 28.7 Å². The first-order valence-corrected chi connectivity index (χ1v) is 10.6. The zero-order valence-electron chi connectivity index (χ0n) is 13.8. The number of furan rings is 1. The molecule has 0 spiro atoms. The Labute approximate surface area is 162 Å². The average Bonchev–Trinajstić information content (AvgIpc) is 3.21. The second kappa shape index (κ2) is 7.86. The number of sulfone groups is 1. The Hall–Kier alpha value is -1.76. The van der Waals surface area contributed by atoms with Crippen LogP contribution in [0.25, 0.3) is 6.08 Å². The lowest BCUT2D eigenvalue weighted by molar-refractivity contribution is -0.128. The molecule has 0 radical (unpaired) electrons. The third-order valence-electron chi connectivity index (χ3n) is 4.22. The fourth-order valence-corrected chi connectivity index (χ4v) is 5.08. The molecule has 1 aliphatic heterocycles. The maximum Gasteiger partial charge on any atom is 0.247 e. The van der Waals surface area contributed by atoms with Crippen LogP contribution in [0, 0.1) is 0 Å². The zero-order chi connectivity index (χ0) is 18.7. The summed E-state index contributed by atoms with van der Waals surface area (Å²) in [5, 5.41) is 0.934. The van der Waals surface area contributed by atoms with Gasteiger partial charge in [-0.25, -0.2) is 8.42 Å². The predicted molar refractivity (Wildman–Crippen MR) is 102 cm³/mol. The van der Waals surface area contributed by atoms with Gasteiger partial charge < -0.3 is 9.32 Å². The molecule has 2 aromatic rings. The number of rotatable bonds is 5. The molecule has 1 amide bonds. The molecule has 5 nitrogen and oxygen atoms in total. The number of hydrogen-bond donors (Lipinski definition) is 0. The van der Waals surface area contributed by atoms with Gasteiger partial charge in [-0.05, 0) is 42.3 Å². The molecular weight excluding hydrogens is 397 g/mol. The number of amides is 1. The molecule has 8 heteroatoms. The Morgan fingerprint density at radius 3 is 2.73 bits per heavy atom. The van der Waals surface area contributed by atoms with E-state index in [2.05, 4.69) is 0 Å². The van der Waals surface area contributed by atoms with Gasteiger partial charge in [-0.3, -0.25) is 4.79 Å². The predicted octanol–water partition coefficient (Wildman–Crippen LogP) is 3.82. The van der Waals surface area contributed by atoms with Crippen LogP contribution in [0.2, 0.25) is 10.0 Å². The summed E-state index contributed by atoms with van der Waals surface area (Å²) in [5.74, 6) is 0.285. The SMILES string of the molecule is O=C(C=Cc1ccco1)N(Cc1ccc(Cl)cc1Cl)C1CCS(=O)(=O)C1. The van der Waals surface area contributed by atoms with Gasteiger partial charge in [0.15, 0.2) is 9.84 Å². The van der Waals surface area contributed by atoms with Crippen molar-refractivity contribution in [3.05, 3.63) is 64.0 Å². The average molecular weight is 414 g/mol. The lowest BCUT2D eigenvalue weighted by Gasteiger charge is -2.27. The fourth-order valence-electron chi connectivity index (χ4n) is 2.88. The smallest absolute Gasteiger partial charge is 0.247 e. The van der Waals surface area contributed by atoms with E-state index < -0.39 is 9.84 Å². The summed E-state index contributed by atoms with van der Waals surface area (Å²) in [6.45, 7) is 0.206.